The largest absolute Gasteiger partial charge is 0.507 e. The number of pyridine rings is 1. The summed E-state index contributed by atoms with van der Waals surface area (Å²) in [5.41, 5.74) is 12.6. The van der Waals surface area contributed by atoms with Gasteiger partial charge in [0.1, 0.15) is 11.6 Å². The van der Waals surface area contributed by atoms with E-state index in [2.05, 4.69) is 171 Å². The van der Waals surface area contributed by atoms with Crippen LogP contribution in [0.5, 0.6) is 5.75 Å². The highest BCUT2D eigenvalue weighted by molar-refractivity contribution is 5.98. The highest BCUT2D eigenvalue weighted by atomic mass is 16.3. The number of rotatable bonds is 6. The average Bonchev–Trinajstić information content (AvgIpc) is 3.68. The molecule has 0 unspecified atom stereocenters. The Morgan fingerprint density at radius 2 is 1.06 bits per heavy atom. The lowest BCUT2D eigenvalue weighted by atomic mass is 9.79. The van der Waals surface area contributed by atoms with Gasteiger partial charge >= 0.3 is 0 Å². The third kappa shape index (κ3) is 9.12. The average molecular weight is 877 g/mol. The Morgan fingerprint density at radius 3 is 1.68 bits per heavy atom. The molecule has 0 spiro atoms. The fraction of sp³-hybridized carbons (Fsp3) is 0.323. The molecule has 0 amide bonds. The Bertz CT molecular complexity index is 3360. The molecule has 0 aliphatic rings. The van der Waals surface area contributed by atoms with E-state index in [-0.39, 0.29) is 45.1 Å². The summed E-state index contributed by atoms with van der Waals surface area (Å²) in [5.74, 6) is 0.563. The Kier molecular flexibility index (Phi) is 10.1. The molecule has 0 radical (unpaired) electrons. The van der Waals surface area contributed by atoms with Crippen LogP contribution in [0.1, 0.15) is 139 Å². The Labute approximate surface area is 401 Å². The molecule has 8 aromatic rings. The number of phenols is 1. The second kappa shape index (κ2) is 16.6. The summed E-state index contributed by atoms with van der Waals surface area (Å²) in [7, 11) is 0. The standard InChI is InChI=1S/C62H69N3O/c1-58(2,3)44-26-24-39(25-27-44)41-30-31-63-52(35-41)43-32-42(33-46(34-43)60(7,8)9)48-22-19-23-54-55(48)64-57(50-37-47(61(10,11)12)38-51(56(50)66)62(13,14)15)65(54)53-29-28-45(59(4,5)6)36-49(53)40-20-17-16-18-21-40/h16-38,66H,1-15H3/i16D,17D,18D,20D,21D. The van der Waals surface area contributed by atoms with Crippen LogP contribution >= 0.6 is 0 Å². The number of fused-ring (bicyclic) bond motifs is 1. The van der Waals surface area contributed by atoms with Gasteiger partial charge in [-0.15, -0.1) is 0 Å². The first kappa shape index (κ1) is 40.1. The molecule has 8 rings (SSSR count). The molecule has 2 aromatic heterocycles. The van der Waals surface area contributed by atoms with Gasteiger partial charge in [0, 0.05) is 28.5 Å². The number of aromatic hydroxyl groups is 1. The first-order valence-corrected chi connectivity index (χ1v) is 23.2. The lowest BCUT2D eigenvalue weighted by molar-refractivity contribution is 0.446. The van der Waals surface area contributed by atoms with Crippen molar-refractivity contribution in [1.82, 2.24) is 14.5 Å². The van der Waals surface area contributed by atoms with Crippen LogP contribution in [0.2, 0.25) is 0 Å². The van der Waals surface area contributed by atoms with Crippen LogP contribution in [-0.2, 0) is 27.1 Å². The summed E-state index contributed by atoms with van der Waals surface area (Å²) in [6, 6.07) is 34.0. The van der Waals surface area contributed by atoms with E-state index in [1.807, 2.05) is 47.2 Å². The van der Waals surface area contributed by atoms with E-state index in [4.69, 9.17) is 14.1 Å². The highest BCUT2D eigenvalue weighted by Gasteiger charge is 2.30. The van der Waals surface area contributed by atoms with Crippen molar-refractivity contribution in [2.24, 2.45) is 0 Å². The van der Waals surface area contributed by atoms with E-state index in [9.17, 15) is 7.85 Å². The van der Waals surface area contributed by atoms with Gasteiger partial charge in [0.25, 0.3) is 0 Å². The van der Waals surface area contributed by atoms with Crippen molar-refractivity contribution in [2.75, 3.05) is 0 Å². The zero-order valence-electron chi connectivity index (χ0n) is 46.7. The SMILES string of the molecule is [2H]c1c([2H])c([2H])c(-c2cc(C(C)(C)C)ccc2-n2c(-c3cc(C(C)(C)C)cc(C(C)(C)C)c3O)nc3c(-c4cc(-c5cc(-c6ccc(C(C)(C)C)cc6)ccn5)cc(C(C)(C)C)c4)cccc32)c([2H])c1[2H]. The number of imidazole rings is 1. The number of phenolic OH excluding ortho intramolecular Hbond substituents is 1. The molecular weight excluding hydrogens is 803 g/mol. The molecular formula is C62H69N3O. The zero-order chi connectivity index (χ0) is 52.1. The zero-order valence-corrected chi connectivity index (χ0v) is 41.7. The van der Waals surface area contributed by atoms with Crippen LogP contribution < -0.4 is 0 Å². The second-order valence-corrected chi connectivity index (χ2v) is 23.2. The van der Waals surface area contributed by atoms with Gasteiger partial charge < -0.3 is 5.11 Å². The maximum Gasteiger partial charge on any atom is 0.149 e. The summed E-state index contributed by atoms with van der Waals surface area (Å²) in [6.45, 7) is 32.3. The van der Waals surface area contributed by atoms with Gasteiger partial charge in [0.15, 0.2) is 0 Å². The van der Waals surface area contributed by atoms with Crippen molar-refractivity contribution in [3.8, 4) is 67.5 Å². The van der Waals surface area contributed by atoms with E-state index >= 15 is 0 Å². The van der Waals surface area contributed by atoms with Gasteiger partial charge in [-0.05, 0) is 120 Å². The molecule has 0 saturated heterocycles. The first-order chi connectivity index (χ1) is 32.9. The topological polar surface area (TPSA) is 50.9 Å². The number of benzene rings is 6. The molecule has 0 aliphatic heterocycles. The smallest absolute Gasteiger partial charge is 0.149 e. The minimum absolute atomic E-state index is 0.0426. The fourth-order valence-corrected chi connectivity index (χ4v) is 8.64. The molecule has 338 valence electrons. The predicted octanol–water partition coefficient (Wildman–Crippen LogP) is 16.9. The lowest BCUT2D eigenvalue weighted by Gasteiger charge is -2.28. The molecule has 66 heavy (non-hydrogen) atoms. The highest BCUT2D eigenvalue weighted by Crippen LogP contribution is 2.46. The van der Waals surface area contributed by atoms with Gasteiger partial charge in [0.2, 0.25) is 0 Å². The summed E-state index contributed by atoms with van der Waals surface area (Å²) in [5, 5.41) is 12.6. The molecule has 0 fully saturated rings. The van der Waals surface area contributed by atoms with Crippen molar-refractivity contribution >= 4 is 11.0 Å². The van der Waals surface area contributed by atoms with Crippen molar-refractivity contribution in [3.05, 3.63) is 167 Å². The van der Waals surface area contributed by atoms with Gasteiger partial charge in [0.05, 0.1) is 34.8 Å². The fourth-order valence-electron chi connectivity index (χ4n) is 8.64. The predicted molar refractivity (Wildman–Crippen MR) is 281 cm³/mol. The van der Waals surface area contributed by atoms with Crippen molar-refractivity contribution in [2.45, 2.75) is 131 Å². The van der Waals surface area contributed by atoms with E-state index in [1.165, 1.54) is 5.56 Å². The minimum Gasteiger partial charge on any atom is -0.507 e. The Hall–Kier alpha value is -6.26. The number of nitrogens with zero attached hydrogens (tertiary/aromatic N) is 3. The lowest BCUT2D eigenvalue weighted by Crippen LogP contribution is -2.17. The maximum absolute atomic E-state index is 12.6. The van der Waals surface area contributed by atoms with Gasteiger partial charge in [-0.25, -0.2) is 4.98 Å². The van der Waals surface area contributed by atoms with Crippen LogP contribution in [0.3, 0.4) is 0 Å². The maximum atomic E-state index is 12.6. The van der Waals surface area contributed by atoms with Gasteiger partial charge in [-0.2, -0.15) is 0 Å². The molecule has 0 bridgehead atoms. The molecule has 0 saturated carbocycles. The molecule has 6 aromatic carbocycles. The monoisotopic (exact) mass is 877 g/mol. The summed E-state index contributed by atoms with van der Waals surface area (Å²) < 4.78 is 46.7. The van der Waals surface area contributed by atoms with Crippen LogP contribution in [0.4, 0.5) is 0 Å². The van der Waals surface area contributed by atoms with Gasteiger partial charge in [-0.1, -0.05) is 189 Å². The molecule has 0 atom stereocenters. The number of para-hydroxylation sites is 1. The summed E-state index contributed by atoms with van der Waals surface area (Å²) in [6.07, 6.45) is 1.88. The van der Waals surface area contributed by atoms with Crippen molar-refractivity contribution in [1.29, 1.82) is 0 Å². The minimum atomic E-state index is -0.456. The van der Waals surface area contributed by atoms with E-state index < -0.39 is 23.5 Å². The van der Waals surface area contributed by atoms with Crippen LogP contribution in [0.15, 0.2) is 140 Å². The second-order valence-electron chi connectivity index (χ2n) is 23.2. The molecule has 4 heteroatoms. The van der Waals surface area contributed by atoms with Crippen LogP contribution in [0.25, 0.3) is 72.7 Å². The number of hydrogen-bond acceptors (Lipinski definition) is 3. The first-order valence-electron chi connectivity index (χ1n) is 25.7. The molecule has 2 heterocycles. The Balaban J connectivity index is 1.48. The third-order valence-electron chi connectivity index (χ3n) is 12.8. The number of aromatic nitrogens is 3. The molecule has 4 nitrogen and oxygen atoms in total. The summed E-state index contributed by atoms with van der Waals surface area (Å²) in [4.78, 5) is 10.6. The molecule has 1 N–H and O–H groups in total. The third-order valence-corrected chi connectivity index (χ3v) is 12.8. The number of hydrogen-bond donors (Lipinski definition) is 1. The quantitative estimate of drug-likeness (QED) is 0.181. The van der Waals surface area contributed by atoms with Crippen LogP contribution in [0, 0.1) is 0 Å². The van der Waals surface area contributed by atoms with E-state index in [1.54, 1.807) is 0 Å². The van der Waals surface area contributed by atoms with Crippen molar-refractivity contribution < 1.29 is 12.0 Å². The summed E-state index contributed by atoms with van der Waals surface area (Å²) >= 11 is 0. The van der Waals surface area contributed by atoms with Crippen LogP contribution in [-0.4, -0.2) is 19.6 Å². The van der Waals surface area contributed by atoms with E-state index in [0.717, 1.165) is 55.8 Å². The normalized spacial score (nSPS) is 13.9. The Morgan fingerprint density at radius 1 is 0.470 bits per heavy atom. The van der Waals surface area contributed by atoms with Crippen molar-refractivity contribution in [3.63, 3.8) is 0 Å². The van der Waals surface area contributed by atoms with E-state index in [0.29, 0.717) is 33.7 Å². The molecule has 0 aliphatic carbocycles. The van der Waals surface area contributed by atoms with Gasteiger partial charge in [-0.3, -0.25) is 9.55 Å².